The van der Waals surface area contributed by atoms with Gasteiger partial charge in [0.1, 0.15) is 6.26 Å². The molecule has 0 spiro atoms. The minimum atomic E-state index is -0.104. The van der Waals surface area contributed by atoms with Crippen LogP contribution in [0, 0.1) is 0 Å². The lowest BCUT2D eigenvalue weighted by Gasteiger charge is -2.25. The van der Waals surface area contributed by atoms with Gasteiger partial charge in [0.15, 0.2) is 0 Å². The Hall–Kier alpha value is -2.03. The number of carbonyl (C=O) groups excluding carboxylic acids is 1. The molecule has 1 aromatic heterocycles. The van der Waals surface area contributed by atoms with Gasteiger partial charge in [0, 0.05) is 12.0 Å². The van der Waals surface area contributed by atoms with Crippen LogP contribution in [0.2, 0.25) is 0 Å². The summed E-state index contributed by atoms with van der Waals surface area (Å²) < 4.78 is 4.89. The second-order valence-corrected chi connectivity index (χ2v) is 4.94. The monoisotopic (exact) mass is 243 g/mol. The predicted octanol–water partition coefficient (Wildman–Crippen LogP) is 2.99. The summed E-state index contributed by atoms with van der Waals surface area (Å²) in [5.74, 6) is -0.104. The van der Waals surface area contributed by atoms with Crippen molar-refractivity contribution in [3.05, 3.63) is 60.1 Å². The average Bonchev–Trinajstić information content (AvgIpc) is 2.91. The lowest BCUT2D eigenvalue weighted by Crippen LogP contribution is -2.36. The number of rotatable bonds is 4. The molecule has 0 saturated carbocycles. The van der Waals surface area contributed by atoms with E-state index in [0.29, 0.717) is 12.1 Å². The lowest BCUT2D eigenvalue weighted by molar-refractivity contribution is 0.0945. The first kappa shape index (κ1) is 12.4. The largest absolute Gasteiger partial charge is 0.472 e. The third-order valence-electron chi connectivity index (χ3n) is 3.03. The third-order valence-corrected chi connectivity index (χ3v) is 3.03. The number of benzene rings is 1. The molecule has 0 radical (unpaired) electrons. The smallest absolute Gasteiger partial charge is 0.254 e. The molecule has 0 unspecified atom stereocenters. The lowest BCUT2D eigenvalue weighted by atomic mass is 9.84. The summed E-state index contributed by atoms with van der Waals surface area (Å²) in [7, 11) is 0. The number of furan rings is 1. The molecule has 0 saturated heterocycles. The Bertz CT molecular complexity index is 501. The van der Waals surface area contributed by atoms with Crippen LogP contribution in [0.25, 0.3) is 0 Å². The molecule has 18 heavy (non-hydrogen) atoms. The molecule has 3 nitrogen and oxygen atoms in total. The molecule has 0 aliphatic carbocycles. The van der Waals surface area contributed by atoms with Crippen molar-refractivity contribution in [2.75, 3.05) is 6.54 Å². The summed E-state index contributed by atoms with van der Waals surface area (Å²) in [4.78, 5) is 11.8. The van der Waals surface area contributed by atoms with Gasteiger partial charge in [-0.2, -0.15) is 0 Å². The molecular weight excluding hydrogens is 226 g/mol. The van der Waals surface area contributed by atoms with E-state index in [0.717, 1.165) is 0 Å². The molecule has 1 amide bonds. The number of hydrogen-bond donors (Lipinski definition) is 1. The molecule has 0 fully saturated rings. The highest BCUT2D eigenvalue weighted by Gasteiger charge is 2.21. The highest BCUT2D eigenvalue weighted by atomic mass is 16.3. The number of hydrogen-bond acceptors (Lipinski definition) is 2. The third kappa shape index (κ3) is 2.80. The Morgan fingerprint density at radius 2 is 1.94 bits per heavy atom. The van der Waals surface area contributed by atoms with Gasteiger partial charge >= 0.3 is 0 Å². The Morgan fingerprint density at radius 3 is 2.56 bits per heavy atom. The Labute approximate surface area is 107 Å². The van der Waals surface area contributed by atoms with E-state index in [-0.39, 0.29) is 11.3 Å². The zero-order chi connectivity index (χ0) is 13.0. The Kier molecular flexibility index (Phi) is 3.51. The van der Waals surface area contributed by atoms with E-state index >= 15 is 0 Å². The fraction of sp³-hybridized carbons (Fsp3) is 0.267. The molecule has 3 heteroatoms. The molecular formula is C15H17NO2. The highest BCUT2D eigenvalue weighted by Crippen LogP contribution is 2.21. The molecule has 2 rings (SSSR count). The maximum atomic E-state index is 11.8. The molecule has 1 N–H and O–H groups in total. The quantitative estimate of drug-likeness (QED) is 0.897. The summed E-state index contributed by atoms with van der Waals surface area (Å²) in [6.07, 6.45) is 2.95. The second kappa shape index (κ2) is 5.08. The first-order valence-corrected chi connectivity index (χ1v) is 5.95. The van der Waals surface area contributed by atoms with Crippen molar-refractivity contribution in [1.82, 2.24) is 5.32 Å². The molecule has 0 aliphatic heterocycles. The molecule has 0 atom stereocenters. The van der Waals surface area contributed by atoms with E-state index in [2.05, 4.69) is 31.3 Å². The number of nitrogens with one attached hydrogen (secondary N) is 1. The van der Waals surface area contributed by atoms with E-state index in [1.807, 2.05) is 18.2 Å². The van der Waals surface area contributed by atoms with Crippen molar-refractivity contribution in [3.63, 3.8) is 0 Å². The SMILES string of the molecule is CC(C)(CNC(=O)c1ccoc1)c1ccccc1. The predicted molar refractivity (Wildman–Crippen MR) is 70.5 cm³/mol. The minimum absolute atomic E-state index is 0.0966. The van der Waals surface area contributed by atoms with Crippen LogP contribution in [0.4, 0.5) is 0 Å². The average molecular weight is 243 g/mol. The van der Waals surface area contributed by atoms with Crippen LogP contribution in [-0.2, 0) is 5.41 Å². The second-order valence-electron chi connectivity index (χ2n) is 4.94. The molecule has 1 heterocycles. The van der Waals surface area contributed by atoms with Crippen LogP contribution in [0.3, 0.4) is 0 Å². The summed E-state index contributed by atoms with van der Waals surface area (Å²) in [5.41, 5.74) is 1.66. The molecule has 0 bridgehead atoms. The van der Waals surface area contributed by atoms with Crippen LogP contribution >= 0.6 is 0 Å². The Morgan fingerprint density at radius 1 is 1.22 bits per heavy atom. The van der Waals surface area contributed by atoms with Gasteiger partial charge < -0.3 is 9.73 Å². The van der Waals surface area contributed by atoms with E-state index < -0.39 is 0 Å². The zero-order valence-electron chi connectivity index (χ0n) is 10.6. The van der Waals surface area contributed by atoms with Gasteiger partial charge in [0.25, 0.3) is 5.91 Å². The minimum Gasteiger partial charge on any atom is -0.472 e. The van der Waals surface area contributed by atoms with Gasteiger partial charge in [-0.05, 0) is 11.6 Å². The standard InChI is InChI=1S/C15H17NO2/c1-15(2,13-6-4-3-5-7-13)11-16-14(17)12-8-9-18-10-12/h3-10H,11H2,1-2H3,(H,16,17). The first-order chi connectivity index (χ1) is 8.59. The maximum Gasteiger partial charge on any atom is 0.254 e. The van der Waals surface area contributed by atoms with E-state index in [9.17, 15) is 4.79 Å². The van der Waals surface area contributed by atoms with E-state index in [4.69, 9.17) is 4.42 Å². The molecule has 0 aliphatic rings. The van der Waals surface area contributed by atoms with Gasteiger partial charge in [-0.15, -0.1) is 0 Å². The van der Waals surface area contributed by atoms with Crippen molar-refractivity contribution in [1.29, 1.82) is 0 Å². The number of carbonyl (C=O) groups is 1. The van der Waals surface area contributed by atoms with Crippen LogP contribution in [0.5, 0.6) is 0 Å². The zero-order valence-corrected chi connectivity index (χ0v) is 10.6. The van der Waals surface area contributed by atoms with E-state index in [1.165, 1.54) is 18.1 Å². The fourth-order valence-corrected chi connectivity index (χ4v) is 1.79. The normalized spacial score (nSPS) is 11.2. The van der Waals surface area contributed by atoms with Crippen LogP contribution in [-0.4, -0.2) is 12.5 Å². The summed E-state index contributed by atoms with van der Waals surface area (Å²) in [6.45, 7) is 4.80. The van der Waals surface area contributed by atoms with Crippen molar-refractivity contribution in [3.8, 4) is 0 Å². The van der Waals surface area contributed by atoms with Crippen molar-refractivity contribution in [2.45, 2.75) is 19.3 Å². The van der Waals surface area contributed by atoms with Crippen LogP contribution < -0.4 is 5.32 Å². The van der Waals surface area contributed by atoms with Gasteiger partial charge in [-0.1, -0.05) is 44.2 Å². The maximum absolute atomic E-state index is 11.8. The number of amides is 1. The molecule has 94 valence electrons. The van der Waals surface area contributed by atoms with Crippen molar-refractivity contribution < 1.29 is 9.21 Å². The van der Waals surface area contributed by atoms with Gasteiger partial charge in [-0.3, -0.25) is 4.79 Å². The summed E-state index contributed by atoms with van der Waals surface area (Å²) in [5, 5.41) is 2.92. The van der Waals surface area contributed by atoms with E-state index in [1.54, 1.807) is 6.07 Å². The van der Waals surface area contributed by atoms with Crippen molar-refractivity contribution >= 4 is 5.91 Å². The topological polar surface area (TPSA) is 42.2 Å². The fourth-order valence-electron chi connectivity index (χ4n) is 1.79. The van der Waals surface area contributed by atoms with Crippen molar-refractivity contribution in [2.24, 2.45) is 0 Å². The first-order valence-electron chi connectivity index (χ1n) is 5.95. The Balaban J connectivity index is 1.99. The highest BCUT2D eigenvalue weighted by molar-refractivity contribution is 5.93. The van der Waals surface area contributed by atoms with Gasteiger partial charge in [0.05, 0.1) is 11.8 Å². The van der Waals surface area contributed by atoms with Crippen LogP contribution in [0.1, 0.15) is 29.8 Å². The summed E-state index contributed by atoms with van der Waals surface area (Å²) >= 11 is 0. The summed E-state index contributed by atoms with van der Waals surface area (Å²) in [6, 6.07) is 11.8. The molecule has 1 aromatic carbocycles. The van der Waals surface area contributed by atoms with Crippen LogP contribution in [0.15, 0.2) is 53.3 Å². The molecule has 2 aromatic rings. The van der Waals surface area contributed by atoms with Gasteiger partial charge in [-0.25, -0.2) is 0 Å². The van der Waals surface area contributed by atoms with Gasteiger partial charge in [0.2, 0.25) is 0 Å².